The number of carbonyl (C=O) groups excluding carboxylic acids is 2. The van der Waals surface area contributed by atoms with Crippen LogP contribution in [0.2, 0.25) is 0 Å². The molecule has 2 heterocycles. The smallest absolute Gasteiger partial charge is 0.343 e. The number of ketones is 1. The minimum atomic E-state index is -4.83. The Hall–Kier alpha value is -3.61. The molecule has 1 aromatic carbocycles. The summed E-state index contributed by atoms with van der Waals surface area (Å²) in [4.78, 5) is 40.3. The number of nitrogens with one attached hydrogen (secondary N) is 1. The standard InChI is InChI=1S/C16H13F3N6O4/c17-16(18,19)29-7-6-25-15(28)24-9-21-12(13(24)22-23-25)14(27)20-8-11(26)10-4-2-1-3-5-10/h1-5,9H,6-8H2,(H,20,27). The molecule has 2 aromatic heterocycles. The van der Waals surface area contributed by atoms with Gasteiger partial charge in [-0.2, -0.15) is 4.68 Å². The Bertz CT molecular complexity index is 1090. The minimum absolute atomic E-state index is 0.201. The number of alkyl halides is 3. The predicted octanol–water partition coefficient (Wildman–Crippen LogP) is 0.435. The number of hydrogen-bond acceptors (Lipinski definition) is 7. The van der Waals surface area contributed by atoms with E-state index in [-0.39, 0.29) is 23.7 Å². The Kier molecular flexibility index (Phi) is 5.68. The second kappa shape index (κ2) is 8.18. The summed E-state index contributed by atoms with van der Waals surface area (Å²) in [5, 5.41) is 9.51. The van der Waals surface area contributed by atoms with Gasteiger partial charge >= 0.3 is 12.1 Å². The van der Waals surface area contributed by atoms with Crippen molar-refractivity contribution in [1.29, 1.82) is 0 Å². The molecule has 0 saturated carbocycles. The van der Waals surface area contributed by atoms with E-state index in [0.29, 0.717) is 10.2 Å². The lowest BCUT2D eigenvalue weighted by Gasteiger charge is -2.07. The Morgan fingerprint density at radius 1 is 1.17 bits per heavy atom. The zero-order valence-corrected chi connectivity index (χ0v) is 14.6. The van der Waals surface area contributed by atoms with Gasteiger partial charge in [0.2, 0.25) is 0 Å². The predicted molar refractivity (Wildman–Crippen MR) is 90.2 cm³/mol. The van der Waals surface area contributed by atoms with E-state index in [1.54, 1.807) is 30.3 Å². The number of imidazole rings is 1. The number of nitrogens with zero attached hydrogens (tertiary/aromatic N) is 5. The van der Waals surface area contributed by atoms with Gasteiger partial charge < -0.3 is 5.32 Å². The lowest BCUT2D eigenvalue weighted by Crippen LogP contribution is -2.33. The van der Waals surface area contributed by atoms with E-state index in [4.69, 9.17) is 0 Å². The number of fused-ring (bicyclic) bond motifs is 1. The molecule has 0 spiro atoms. The number of aromatic nitrogens is 5. The number of hydrogen-bond donors (Lipinski definition) is 1. The van der Waals surface area contributed by atoms with Gasteiger partial charge in [-0.05, 0) is 0 Å². The van der Waals surface area contributed by atoms with Gasteiger partial charge in [0.25, 0.3) is 5.91 Å². The summed E-state index contributed by atoms with van der Waals surface area (Å²) in [6, 6.07) is 8.29. The minimum Gasteiger partial charge on any atom is -0.343 e. The van der Waals surface area contributed by atoms with Crippen LogP contribution in [0.5, 0.6) is 0 Å². The molecule has 0 saturated heterocycles. The number of Topliss-reactive ketones (excluding diaryl/α,β-unsaturated/α-hetero) is 1. The number of ether oxygens (including phenoxy) is 1. The fraction of sp³-hybridized carbons (Fsp3) is 0.250. The summed E-state index contributed by atoms with van der Waals surface area (Å²) in [6.45, 7) is -1.65. The maximum Gasteiger partial charge on any atom is 0.522 e. The highest BCUT2D eigenvalue weighted by atomic mass is 19.4. The first-order valence-electron chi connectivity index (χ1n) is 8.14. The lowest BCUT2D eigenvalue weighted by molar-refractivity contribution is -0.325. The summed E-state index contributed by atoms with van der Waals surface area (Å²) in [6.07, 6.45) is -3.85. The third-order valence-electron chi connectivity index (χ3n) is 3.71. The number of carbonyl (C=O) groups is 2. The van der Waals surface area contributed by atoms with Crippen LogP contribution in [0.4, 0.5) is 13.2 Å². The van der Waals surface area contributed by atoms with Gasteiger partial charge in [-0.1, -0.05) is 35.5 Å². The Morgan fingerprint density at radius 3 is 2.59 bits per heavy atom. The van der Waals surface area contributed by atoms with Gasteiger partial charge in [-0.15, -0.1) is 18.3 Å². The maximum atomic E-state index is 12.3. The van der Waals surface area contributed by atoms with E-state index in [9.17, 15) is 27.6 Å². The SMILES string of the molecule is O=C(CNC(=O)c1ncn2c(=O)n(CCOC(F)(F)F)nnc12)c1ccccc1. The van der Waals surface area contributed by atoms with Crippen LogP contribution in [-0.2, 0) is 11.3 Å². The van der Waals surface area contributed by atoms with Crippen LogP contribution >= 0.6 is 0 Å². The summed E-state index contributed by atoms with van der Waals surface area (Å²) in [5.74, 6) is -1.09. The topological polar surface area (TPSA) is 120 Å². The van der Waals surface area contributed by atoms with Crippen molar-refractivity contribution >= 4 is 17.3 Å². The molecule has 0 aliphatic carbocycles. The van der Waals surface area contributed by atoms with Gasteiger partial charge in [0, 0.05) is 5.56 Å². The van der Waals surface area contributed by atoms with Crippen LogP contribution < -0.4 is 11.0 Å². The molecule has 0 unspecified atom stereocenters. The van der Waals surface area contributed by atoms with Crippen LogP contribution in [0, 0.1) is 0 Å². The molecule has 3 rings (SSSR count). The van der Waals surface area contributed by atoms with Crippen LogP contribution in [0.3, 0.4) is 0 Å². The van der Waals surface area contributed by atoms with Crippen molar-refractivity contribution in [3.05, 3.63) is 58.4 Å². The lowest BCUT2D eigenvalue weighted by atomic mass is 10.1. The summed E-state index contributed by atoms with van der Waals surface area (Å²) < 4.78 is 41.1. The van der Waals surface area contributed by atoms with Crippen molar-refractivity contribution < 1.29 is 27.5 Å². The highest BCUT2D eigenvalue weighted by Crippen LogP contribution is 2.15. The fourth-order valence-electron chi connectivity index (χ4n) is 2.36. The molecule has 0 radical (unpaired) electrons. The first-order valence-corrected chi connectivity index (χ1v) is 8.14. The van der Waals surface area contributed by atoms with Crippen molar-refractivity contribution in [2.24, 2.45) is 0 Å². The van der Waals surface area contributed by atoms with Gasteiger partial charge in [-0.3, -0.25) is 14.3 Å². The highest BCUT2D eigenvalue weighted by molar-refractivity contribution is 6.03. The summed E-state index contributed by atoms with van der Waals surface area (Å²) >= 11 is 0. The van der Waals surface area contributed by atoms with Crippen molar-refractivity contribution in [3.8, 4) is 0 Å². The molecule has 0 fully saturated rings. The number of halogens is 3. The fourth-order valence-corrected chi connectivity index (χ4v) is 2.36. The molecule has 1 N–H and O–H groups in total. The summed E-state index contributed by atoms with van der Waals surface area (Å²) in [5.41, 5.74) is -0.902. The van der Waals surface area contributed by atoms with E-state index in [1.807, 2.05) is 0 Å². The van der Waals surface area contributed by atoms with E-state index < -0.39 is 31.1 Å². The van der Waals surface area contributed by atoms with Crippen molar-refractivity contribution in [3.63, 3.8) is 0 Å². The second-order valence-electron chi connectivity index (χ2n) is 5.65. The third-order valence-corrected chi connectivity index (χ3v) is 3.71. The molecule has 0 bridgehead atoms. The van der Waals surface area contributed by atoms with E-state index >= 15 is 0 Å². The van der Waals surface area contributed by atoms with Gasteiger partial charge in [0.15, 0.2) is 17.1 Å². The summed E-state index contributed by atoms with van der Waals surface area (Å²) in [7, 11) is 0. The molecule has 29 heavy (non-hydrogen) atoms. The monoisotopic (exact) mass is 410 g/mol. The average molecular weight is 410 g/mol. The molecule has 1 amide bonds. The molecule has 3 aromatic rings. The van der Waals surface area contributed by atoms with Gasteiger partial charge in [0.05, 0.1) is 19.7 Å². The largest absolute Gasteiger partial charge is 0.522 e. The highest BCUT2D eigenvalue weighted by Gasteiger charge is 2.29. The molecule has 0 aliphatic rings. The molecule has 13 heteroatoms. The third kappa shape index (κ3) is 4.82. The van der Waals surface area contributed by atoms with Crippen molar-refractivity contribution in [1.82, 2.24) is 29.7 Å². The number of amides is 1. The van der Waals surface area contributed by atoms with Crippen molar-refractivity contribution in [2.75, 3.05) is 13.2 Å². The zero-order valence-electron chi connectivity index (χ0n) is 14.6. The second-order valence-corrected chi connectivity index (χ2v) is 5.65. The average Bonchev–Trinajstić information content (AvgIpc) is 3.12. The Balaban J connectivity index is 1.70. The zero-order chi connectivity index (χ0) is 21.0. The normalized spacial score (nSPS) is 11.6. The van der Waals surface area contributed by atoms with E-state index in [0.717, 1.165) is 10.7 Å². The molecule has 10 nitrogen and oxygen atoms in total. The van der Waals surface area contributed by atoms with Crippen LogP contribution in [0.1, 0.15) is 20.8 Å². The molecule has 152 valence electrons. The van der Waals surface area contributed by atoms with Crippen LogP contribution in [0.15, 0.2) is 41.5 Å². The molecular formula is C16H13F3N6O4. The Labute approximate surface area is 159 Å². The van der Waals surface area contributed by atoms with Crippen molar-refractivity contribution in [2.45, 2.75) is 12.9 Å². The first kappa shape index (κ1) is 20.1. The van der Waals surface area contributed by atoms with Crippen LogP contribution in [-0.4, -0.2) is 55.6 Å². The Morgan fingerprint density at radius 2 is 1.90 bits per heavy atom. The van der Waals surface area contributed by atoms with Gasteiger partial charge in [0.1, 0.15) is 6.33 Å². The quantitative estimate of drug-likeness (QED) is 0.561. The van der Waals surface area contributed by atoms with E-state index in [1.165, 1.54) is 0 Å². The number of rotatable bonds is 7. The maximum absolute atomic E-state index is 12.3. The number of benzene rings is 1. The van der Waals surface area contributed by atoms with E-state index in [2.05, 4.69) is 25.3 Å². The molecular weight excluding hydrogens is 397 g/mol. The first-order chi connectivity index (χ1) is 13.8. The molecule has 0 atom stereocenters. The van der Waals surface area contributed by atoms with Crippen LogP contribution in [0.25, 0.3) is 5.65 Å². The van der Waals surface area contributed by atoms with Gasteiger partial charge in [-0.25, -0.2) is 14.2 Å². The molecule has 0 aliphatic heterocycles.